The van der Waals surface area contributed by atoms with Crippen LogP contribution < -0.4 is 5.32 Å². The fourth-order valence-electron chi connectivity index (χ4n) is 3.76. The van der Waals surface area contributed by atoms with Crippen molar-refractivity contribution in [1.82, 2.24) is 5.32 Å². The van der Waals surface area contributed by atoms with Gasteiger partial charge in [-0.3, -0.25) is 0 Å². The summed E-state index contributed by atoms with van der Waals surface area (Å²) in [5, 5.41) is 3.40. The molecule has 0 heterocycles. The fourth-order valence-corrected chi connectivity index (χ4v) is 3.76. The molecule has 1 aromatic rings. The summed E-state index contributed by atoms with van der Waals surface area (Å²) in [6.07, 6.45) is 6.49. The monoisotopic (exact) mass is 273 g/mol. The Kier molecular flexibility index (Phi) is 5.26. The van der Waals surface area contributed by atoms with E-state index >= 15 is 0 Å². The van der Waals surface area contributed by atoms with Crippen LogP contribution in [0, 0.1) is 11.3 Å². The van der Waals surface area contributed by atoms with Crippen LogP contribution in [-0.4, -0.2) is 13.6 Å². The standard InChI is InChI=1S/C19H31N/c1-5-6-15-7-9-16(10-8-15)18-13-19(2,3)12-11-17(18)14-20-4/h7-10,17-18,20H,5-6,11-14H2,1-4H3. The molecule has 0 saturated heterocycles. The van der Waals surface area contributed by atoms with Crippen LogP contribution in [0.15, 0.2) is 24.3 Å². The third-order valence-corrected chi connectivity index (χ3v) is 4.95. The zero-order valence-electron chi connectivity index (χ0n) is 13.7. The Balaban J connectivity index is 2.16. The minimum absolute atomic E-state index is 0.497. The molecule has 1 heteroatoms. The van der Waals surface area contributed by atoms with E-state index in [1.807, 2.05) is 0 Å². The van der Waals surface area contributed by atoms with E-state index in [1.165, 1.54) is 37.7 Å². The van der Waals surface area contributed by atoms with Gasteiger partial charge in [0.1, 0.15) is 0 Å². The summed E-state index contributed by atoms with van der Waals surface area (Å²) >= 11 is 0. The average molecular weight is 273 g/mol. The van der Waals surface area contributed by atoms with Crippen molar-refractivity contribution < 1.29 is 0 Å². The molecular weight excluding hydrogens is 242 g/mol. The topological polar surface area (TPSA) is 12.0 Å². The number of benzene rings is 1. The molecule has 0 aromatic heterocycles. The molecule has 0 radical (unpaired) electrons. The maximum absolute atomic E-state index is 3.40. The Hall–Kier alpha value is -0.820. The highest BCUT2D eigenvalue weighted by Crippen LogP contribution is 2.46. The molecule has 2 unspecified atom stereocenters. The molecule has 1 aliphatic carbocycles. The van der Waals surface area contributed by atoms with Gasteiger partial charge in [0.2, 0.25) is 0 Å². The smallest absolute Gasteiger partial charge is 0.00177 e. The van der Waals surface area contributed by atoms with E-state index in [0.29, 0.717) is 5.41 Å². The van der Waals surface area contributed by atoms with E-state index in [0.717, 1.165) is 18.4 Å². The van der Waals surface area contributed by atoms with Gasteiger partial charge < -0.3 is 5.32 Å². The molecule has 1 fully saturated rings. The molecular formula is C19H31N. The molecule has 1 aliphatic rings. The molecule has 0 aliphatic heterocycles. The molecule has 0 spiro atoms. The Morgan fingerprint density at radius 3 is 2.50 bits per heavy atom. The van der Waals surface area contributed by atoms with Crippen molar-refractivity contribution in [3.8, 4) is 0 Å². The van der Waals surface area contributed by atoms with Crippen LogP contribution in [-0.2, 0) is 6.42 Å². The normalized spacial score (nSPS) is 25.6. The number of aryl methyl sites for hydroxylation is 1. The third kappa shape index (κ3) is 3.85. The quantitative estimate of drug-likeness (QED) is 0.815. The zero-order valence-corrected chi connectivity index (χ0v) is 13.7. The van der Waals surface area contributed by atoms with E-state index in [9.17, 15) is 0 Å². The maximum Gasteiger partial charge on any atom is -0.00177 e. The van der Waals surface area contributed by atoms with Crippen LogP contribution >= 0.6 is 0 Å². The summed E-state index contributed by atoms with van der Waals surface area (Å²) in [7, 11) is 2.08. The molecule has 0 amide bonds. The largest absolute Gasteiger partial charge is 0.319 e. The van der Waals surface area contributed by atoms with Crippen molar-refractivity contribution in [1.29, 1.82) is 0 Å². The van der Waals surface area contributed by atoms with E-state index in [1.54, 1.807) is 5.56 Å². The van der Waals surface area contributed by atoms with Crippen LogP contribution in [0.4, 0.5) is 0 Å². The summed E-state index contributed by atoms with van der Waals surface area (Å²) in [6.45, 7) is 8.26. The van der Waals surface area contributed by atoms with Gasteiger partial charge in [-0.15, -0.1) is 0 Å². The number of rotatable bonds is 5. The second-order valence-corrected chi connectivity index (χ2v) is 7.32. The molecule has 1 N–H and O–H groups in total. The van der Waals surface area contributed by atoms with Crippen molar-refractivity contribution >= 4 is 0 Å². The van der Waals surface area contributed by atoms with Crippen LogP contribution in [0.3, 0.4) is 0 Å². The minimum Gasteiger partial charge on any atom is -0.319 e. The molecule has 20 heavy (non-hydrogen) atoms. The van der Waals surface area contributed by atoms with Gasteiger partial charge in [-0.25, -0.2) is 0 Å². The maximum atomic E-state index is 3.40. The minimum atomic E-state index is 0.497. The first-order valence-corrected chi connectivity index (χ1v) is 8.29. The SMILES string of the molecule is CCCc1ccc(C2CC(C)(C)CCC2CNC)cc1. The van der Waals surface area contributed by atoms with E-state index in [4.69, 9.17) is 0 Å². The van der Waals surface area contributed by atoms with Crippen molar-refractivity contribution in [2.24, 2.45) is 11.3 Å². The van der Waals surface area contributed by atoms with Crippen LogP contribution in [0.2, 0.25) is 0 Å². The summed E-state index contributed by atoms with van der Waals surface area (Å²) in [5.41, 5.74) is 3.53. The Morgan fingerprint density at radius 1 is 1.20 bits per heavy atom. The zero-order chi connectivity index (χ0) is 14.6. The molecule has 112 valence electrons. The molecule has 2 rings (SSSR count). The lowest BCUT2D eigenvalue weighted by molar-refractivity contribution is 0.161. The Morgan fingerprint density at radius 2 is 1.90 bits per heavy atom. The summed E-state index contributed by atoms with van der Waals surface area (Å²) in [5.74, 6) is 1.52. The van der Waals surface area contributed by atoms with Crippen molar-refractivity contribution in [3.63, 3.8) is 0 Å². The predicted octanol–water partition coefficient (Wildman–Crippen LogP) is 4.77. The lowest BCUT2D eigenvalue weighted by atomic mass is 9.65. The highest BCUT2D eigenvalue weighted by atomic mass is 14.8. The first-order valence-electron chi connectivity index (χ1n) is 8.29. The number of hydrogen-bond donors (Lipinski definition) is 1. The van der Waals surface area contributed by atoms with Gasteiger partial charge in [0.25, 0.3) is 0 Å². The van der Waals surface area contributed by atoms with Gasteiger partial charge >= 0.3 is 0 Å². The van der Waals surface area contributed by atoms with Crippen LogP contribution in [0.1, 0.15) is 63.5 Å². The lowest BCUT2D eigenvalue weighted by Gasteiger charge is -2.41. The van der Waals surface area contributed by atoms with Crippen molar-refractivity contribution in [3.05, 3.63) is 35.4 Å². The summed E-state index contributed by atoms with van der Waals surface area (Å²) in [6, 6.07) is 9.47. The van der Waals surface area contributed by atoms with Crippen molar-refractivity contribution in [2.45, 2.75) is 58.8 Å². The second-order valence-electron chi connectivity index (χ2n) is 7.32. The van der Waals surface area contributed by atoms with Gasteiger partial charge in [0, 0.05) is 0 Å². The van der Waals surface area contributed by atoms with E-state index < -0.39 is 0 Å². The second kappa shape index (κ2) is 6.76. The first kappa shape index (κ1) is 15.6. The summed E-state index contributed by atoms with van der Waals surface area (Å²) in [4.78, 5) is 0. The van der Waals surface area contributed by atoms with Gasteiger partial charge in [0.05, 0.1) is 0 Å². The third-order valence-electron chi connectivity index (χ3n) is 4.95. The highest BCUT2D eigenvalue weighted by Gasteiger charge is 2.35. The fraction of sp³-hybridized carbons (Fsp3) is 0.684. The molecule has 2 atom stereocenters. The van der Waals surface area contributed by atoms with E-state index in [-0.39, 0.29) is 0 Å². The van der Waals surface area contributed by atoms with Gasteiger partial charge in [-0.1, -0.05) is 51.5 Å². The van der Waals surface area contributed by atoms with Gasteiger partial charge in [-0.05, 0) is 67.7 Å². The average Bonchev–Trinajstić information content (AvgIpc) is 2.42. The lowest BCUT2D eigenvalue weighted by Crippen LogP contribution is -2.33. The van der Waals surface area contributed by atoms with Gasteiger partial charge in [-0.2, -0.15) is 0 Å². The summed E-state index contributed by atoms with van der Waals surface area (Å²) < 4.78 is 0. The predicted molar refractivity (Wildman–Crippen MR) is 88.2 cm³/mol. The number of nitrogens with one attached hydrogen (secondary N) is 1. The Labute approximate surface area is 125 Å². The Bertz CT molecular complexity index is 404. The molecule has 1 aromatic carbocycles. The first-order chi connectivity index (χ1) is 9.55. The van der Waals surface area contributed by atoms with Crippen LogP contribution in [0.5, 0.6) is 0 Å². The van der Waals surface area contributed by atoms with E-state index in [2.05, 4.69) is 57.4 Å². The van der Waals surface area contributed by atoms with Crippen molar-refractivity contribution in [2.75, 3.05) is 13.6 Å². The highest BCUT2D eigenvalue weighted by molar-refractivity contribution is 5.27. The number of hydrogen-bond acceptors (Lipinski definition) is 1. The van der Waals surface area contributed by atoms with Gasteiger partial charge in [0.15, 0.2) is 0 Å². The molecule has 0 bridgehead atoms. The van der Waals surface area contributed by atoms with Crippen LogP contribution in [0.25, 0.3) is 0 Å². The molecule has 1 saturated carbocycles. The molecule has 1 nitrogen and oxygen atoms in total.